The van der Waals surface area contributed by atoms with Gasteiger partial charge in [0.15, 0.2) is 0 Å². The normalized spacial score (nSPS) is 11.2. The van der Waals surface area contributed by atoms with E-state index in [4.69, 9.17) is 5.26 Å². The van der Waals surface area contributed by atoms with Crippen LogP contribution in [0.5, 0.6) is 0 Å². The number of nitriles is 1. The Bertz CT molecular complexity index is 939. The Labute approximate surface area is 151 Å². The Balaban J connectivity index is 2.02. The largest absolute Gasteiger partial charge is 0.326 e. The van der Waals surface area contributed by atoms with Crippen molar-refractivity contribution in [1.82, 2.24) is 4.31 Å². The zero-order valence-corrected chi connectivity index (χ0v) is 15.0. The Kier molecular flexibility index (Phi) is 6.44. The lowest BCUT2D eigenvalue weighted by molar-refractivity contribution is -0.116. The summed E-state index contributed by atoms with van der Waals surface area (Å²) in [5.74, 6) is -0.902. The summed E-state index contributed by atoms with van der Waals surface area (Å²) in [6.45, 7) is -0.236. The number of sulfonamides is 1. The molecule has 0 aliphatic rings. The minimum atomic E-state index is -3.62. The number of nitrogens with one attached hydrogen (secondary N) is 1. The monoisotopic (exact) mass is 375 g/mol. The molecule has 1 amide bonds. The number of halogens is 1. The van der Waals surface area contributed by atoms with Gasteiger partial charge in [-0.3, -0.25) is 4.79 Å². The van der Waals surface area contributed by atoms with E-state index >= 15 is 0 Å². The van der Waals surface area contributed by atoms with Crippen LogP contribution in [0.3, 0.4) is 0 Å². The summed E-state index contributed by atoms with van der Waals surface area (Å²) < 4.78 is 38.7. The van der Waals surface area contributed by atoms with Gasteiger partial charge in [0.1, 0.15) is 5.82 Å². The van der Waals surface area contributed by atoms with Crippen molar-refractivity contribution in [1.29, 1.82) is 5.26 Å². The highest BCUT2D eigenvalue weighted by Gasteiger charge is 2.19. The molecule has 2 rings (SSSR count). The van der Waals surface area contributed by atoms with E-state index in [2.05, 4.69) is 5.32 Å². The van der Waals surface area contributed by atoms with E-state index < -0.39 is 21.7 Å². The smallest absolute Gasteiger partial charge is 0.225 e. The molecule has 6 nitrogen and oxygen atoms in total. The molecule has 0 saturated carbocycles. The van der Waals surface area contributed by atoms with Crippen molar-refractivity contribution in [3.05, 3.63) is 65.5 Å². The molecule has 136 valence electrons. The predicted molar refractivity (Wildman–Crippen MR) is 96.1 cm³/mol. The summed E-state index contributed by atoms with van der Waals surface area (Å²) in [5.41, 5.74) is 1.09. The van der Waals surface area contributed by atoms with E-state index in [9.17, 15) is 17.6 Å². The molecule has 0 spiro atoms. The number of benzene rings is 2. The molecule has 0 atom stereocenters. The van der Waals surface area contributed by atoms with Crippen LogP contribution in [0.2, 0.25) is 0 Å². The first-order valence-corrected chi connectivity index (χ1v) is 9.63. The molecule has 0 radical (unpaired) electrons. The number of nitrogens with zero attached hydrogens (tertiary/aromatic N) is 2. The van der Waals surface area contributed by atoms with E-state index in [1.807, 2.05) is 6.07 Å². The Morgan fingerprint density at radius 2 is 1.96 bits per heavy atom. The van der Waals surface area contributed by atoms with Gasteiger partial charge in [-0.15, -0.1) is 0 Å². The van der Waals surface area contributed by atoms with Crippen molar-refractivity contribution in [3.63, 3.8) is 0 Å². The lowest BCUT2D eigenvalue weighted by Crippen LogP contribution is -2.32. The summed E-state index contributed by atoms with van der Waals surface area (Å²) in [7, 11) is -3.62. The van der Waals surface area contributed by atoms with Gasteiger partial charge in [-0.05, 0) is 24.3 Å². The first-order chi connectivity index (χ1) is 12.3. The number of amides is 1. The Hall–Kier alpha value is -2.76. The van der Waals surface area contributed by atoms with Crippen molar-refractivity contribution in [3.8, 4) is 6.07 Å². The van der Waals surface area contributed by atoms with Gasteiger partial charge in [-0.2, -0.15) is 9.57 Å². The van der Waals surface area contributed by atoms with Gasteiger partial charge in [0.25, 0.3) is 0 Å². The highest BCUT2D eigenvalue weighted by molar-refractivity contribution is 7.88. The molecule has 0 saturated heterocycles. The third-order valence-corrected chi connectivity index (χ3v) is 4.89. The van der Waals surface area contributed by atoms with Crippen LogP contribution in [0.15, 0.2) is 48.5 Å². The molecule has 0 aliphatic carbocycles. The second kappa shape index (κ2) is 8.56. The predicted octanol–water partition coefficient (Wildman–Crippen LogP) is 2.49. The Morgan fingerprint density at radius 1 is 1.23 bits per heavy atom. The third-order valence-electron chi connectivity index (χ3n) is 3.64. The number of carbonyl (C=O) groups is 1. The van der Waals surface area contributed by atoms with E-state index in [0.29, 0.717) is 11.3 Å². The van der Waals surface area contributed by atoms with Crippen LogP contribution >= 0.6 is 0 Å². The van der Waals surface area contributed by atoms with Gasteiger partial charge in [0, 0.05) is 30.8 Å². The fraction of sp³-hybridized carbons (Fsp3) is 0.222. The van der Waals surface area contributed by atoms with Gasteiger partial charge in [0.05, 0.1) is 17.9 Å². The van der Waals surface area contributed by atoms with Crippen molar-refractivity contribution >= 4 is 21.6 Å². The van der Waals surface area contributed by atoms with Crippen LogP contribution in [-0.2, 0) is 21.4 Å². The minimum absolute atomic E-state index is 0.0864. The quantitative estimate of drug-likeness (QED) is 0.805. The SMILES string of the molecule is CS(=O)(=O)N(CCC(=O)Nc1cccc(C#N)c1)Cc1ccccc1F. The highest BCUT2D eigenvalue weighted by atomic mass is 32.2. The van der Waals surface area contributed by atoms with Gasteiger partial charge >= 0.3 is 0 Å². The number of carbonyl (C=O) groups excluding carboxylic acids is 1. The van der Waals surface area contributed by atoms with E-state index in [-0.39, 0.29) is 25.1 Å². The maximum atomic E-state index is 13.8. The fourth-order valence-corrected chi connectivity index (χ4v) is 3.09. The van der Waals surface area contributed by atoms with Gasteiger partial charge in [0.2, 0.25) is 15.9 Å². The first kappa shape index (κ1) is 19.6. The maximum absolute atomic E-state index is 13.8. The second-order valence-electron chi connectivity index (χ2n) is 5.68. The van der Waals surface area contributed by atoms with E-state index in [1.165, 1.54) is 24.3 Å². The number of hydrogen-bond donors (Lipinski definition) is 1. The molecular weight excluding hydrogens is 357 g/mol. The second-order valence-corrected chi connectivity index (χ2v) is 7.66. The molecule has 0 fully saturated rings. The highest BCUT2D eigenvalue weighted by Crippen LogP contribution is 2.14. The van der Waals surface area contributed by atoms with Gasteiger partial charge in [-0.1, -0.05) is 24.3 Å². The van der Waals surface area contributed by atoms with Crippen LogP contribution in [0.4, 0.5) is 10.1 Å². The Morgan fingerprint density at radius 3 is 2.62 bits per heavy atom. The zero-order valence-electron chi connectivity index (χ0n) is 14.1. The molecule has 8 heteroatoms. The lowest BCUT2D eigenvalue weighted by atomic mass is 10.2. The van der Waals surface area contributed by atoms with Crippen molar-refractivity contribution in [2.24, 2.45) is 0 Å². The summed E-state index contributed by atoms with van der Waals surface area (Å²) in [6.07, 6.45) is 0.917. The number of rotatable bonds is 7. The molecule has 1 N–H and O–H groups in total. The molecule has 0 bridgehead atoms. The molecule has 2 aromatic rings. The molecule has 26 heavy (non-hydrogen) atoms. The van der Waals surface area contributed by atoms with Crippen LogP contribution in [0.1, 0.15) is 17.5 Å². The average Bonchev–Trinajstić information content (AvgIpc) is 2.59. The van der Waals surface area contributed by atoms with Crippen molar-refractivity contribution in [2.45, 2.75) is 13.0 Å². The van der Waals surface area contributed by atoms with Crippen LogP contribution in [-0.4, -0.2) is 31.4 Å². The maximum Gasteiger partial charge on any atom is 0.225 e. The third kappa shape index (κ3) is 5.65. The summed E-state index contributed by atoms with van der Waals surface area (Å²) in [4.78, 5) is 12.1. The van der Waals surface area contributed by atoms with Gasteiger partial charge < -0.3 is 5.32 Å². The summed E-state index contributed by atoms with van der Waals surface area (Å²) in [6, 6.07) is 14.3. The summed E-state index contributed by atoms with van der Waals surface area (Å²) in [5, 5.41) is 11.5. The first-order valence-electron chi connectivity index (χ1n) is 7.78. The molecule has 0 unspecified atom stereocenters. The molecular formula is C18H18FN3O3S. The van der Waals surface area contributed by atoms with Crippen molar-refractivity contribution < 1.29 is 17.6 Å². The topological polar surface area (TPSA) is 90.3 Å². The fourth-order valence-electron chi connectivity index (χ4n) is 2.29. The minimum Gasteiger partial charge on any atom is -0.326 e. The molecule has 0 heterocycles. The van der Waals surface area contributed by atoms with Crippen molar-refractivity contribution in [2.75, 3.05) is 18.1 Å². The summed E-state index contributed by atoms with van der Waals surface area (Å²) >= 11 is 0. The number of hydrogen-bond acceptors (Lipinski definition) is 4. The van der Waals surface area contributed by atoms with Crippen LogP contribution in [0, 0.1) is 17.1 Å². The number of anilines is 1. The van der Waals surface area contributed by atoms with Crippen LogP contribution < -0.4 is 5.32 Å². The van der Waals surface area contributed by atoms with Gasteiger partial charge in [-0.25, -0.2) is 12.8 Å². The van der Waals surface area contributed by atoms with Crippen LogP contribution in [0.25, 0.3) is 0 Å². The van der Waals surface area contributed by atoms with E-state index in [0.717, 1.165) is 10.6 Å². The molecule has 0 aliphatic heterocycles. The average molecular weight is 375 g/mol. The van der Waals surface area contributed by atoms with E-state index in [1.54, 1.807) is 24.3 Å². The molecule has 0 aromatic heterocycles. The zero-order chi connectivity index (χ0) is 19.2. The molecule has 2 aromatic carbocycles. The lowest BCUT2D eigenvalue weighted by Gasteiger charge is -2.20. The standard InChI is InChI=1S/C18H18FN3O3S/c1-26(24,25)22(13-15-6-2-3-8-17(15)19)10-9-18(23)21-16-7-4-5-14(11-16)12-20/h2-8,11H,9-10,13H2,1H3,(H,21,23).